The van der Waals surface area contributed by atoms with Crippen molar-refractivity contribution in [1.29, 1.82) is 0 Å². The molecule has 2 aliphatic carbocycles. The average Bonchev–Trinajstić information content (AvgIpc) is 2.76. The first-order chi connectivity index (χ1) is 14.9. The first kappa shape index (κ1) is 20.3. The summed E-state index contributed by atoms with van der Waals surface area (Å²) in [4.78, 5) is 14.3. The van der Waals surface area contributed by atoms with Gasteiger partial charge in [-0.05, 0) is 68.7 Å². The van der Waals surface area contributed by atoms with Crippen molar-refractivity contribution < 1.29 is 9.50 Å². The van der Waals surface area contributed by atoms with Gasteiger partial charge in [0.05, 0.1) is 17.5 Å². The quantitative estimate of drug-likeness (QED) is 0.618. The molecular weight excluding hydrogens is 389 g/mol. The second kappa shape index (κ2) is 7.49. The van der Waals surface area contributed by atoms with E-state index >= 15 is 0 Å². The Balaban J connectivity index is 1.77. The van der Waals surface area contributed by atoms with E-state index in [0.717, 1.165) is 48.2 Å². The molecule has 4 atom stereocenters. The number of aliphatic hydroxyl groups excluding tert-OH is 1. The van der Waals surface area contributed by atoms with Crippen LogP contribution in [0.3, 0.4) is 0 Å². The Hall–Kier alpha value is -2.66. The fraction of sp³-hybridized carbons (Fsp3) is 0.423. The summed E-state index contributed by atoms with van der Waals surface area (Å²) in [7, 11) is 0. The number of nitrogens with zero attached hydrogens (tertiary/aromatic N) is 3. The molecule has 2 aromatic heterocycles. The number of halogens is 1. The van der Waals surface area contributed by atoms with E-state index in [4.69, 9.17) is 9.97 Å². The van der Waals surface area contributed by atoms with Gasteiger partial charge in [0, 0.05) is 34.0 Å². The minimum absolute atomic E-state index is 0.161. The Morgan fingerprint density at radius 3 is 2.71 bits per heavy atom. The molecule has 0 spiro atoms. The van der Waals surface area contributed by atoms with Gasteiger partial charge in [-0.3, -0.25) is 4.98 Å². The average molecular weight is 418 g/mol. The molecule has 5 rings (SSSR count). The number of fused-ring (bicyclic) bond motifs is 3. The maximum atomic E-state index is 14.9. The summed E-state index contributed by atoms with van der Waals surface area (Å²) in [5.41, 5.74) is 4.94. The van der Waals surface area contributed by atoms with E-state index in [1.807, 2.05) is 25.1 Å². The number of aromatic nitrogens is 3. The zero-order valence-corrected chi connectivity index (χ0v) is 18.3. The molecule has 0 bridgehead atoms. The Kier molecular flexibility index (Phi) is 4.89. The van der Waals surface area contributed by atoms with Gasteiger partial charge in [-0.2, -0.15) is 0 Å². The van der Waals surface area contributed by atoms with Crippen molar-refractivity contribution in [2.45, 2.75) is 58.0 Å². The summed E-state index contributed by atoms with van der Waals surface area (Å²) in [5, 5.41) is 10.5. The van der Waals surface area contributed by atoms with E-state index in [9.17, 15) is 9.50 Å². The minimum atomic E-state index is -0.269. The number of pyridine rings is 1. The molecule has 2 aliphatic rings. The van der Waals surface area contributed by atoms with Gasteiger partial charge in [-0.25, -0.2) is 14.4 Å². The summed E-state index contributed by atoms with van der Waals surface area (Å²) in [5.74, 6) is 0.910. The van der Waals surface area contributed by atoms with Crippen LogP contribution in [0.5, 0.6) is 0 Å². The number of hydrogen-bond donors (Lipinski definition) is 1. The van der Waals surface area contributed by atoms with Gasteiger partial charge in [0.1, 0.15) is 5.82 Å². The maximum Gasteiger partial charge on any atom is 0.160 e. The Labute approximate surface area is 182 Å². The molecule has 1 unspecified atom stereocenters. The van der Waals surface area contributed by atoms with Gasteiger partial charge in [0.2, 0.25) is 0 Å². The lowest BCUT2D eigenvalue weighted by molar-refractivity contribution is -0.00870. The molecule has 2 heterocycles. The largest absolute Gasteiger partial charge is 0.393 e. The smallest absolute Gasteiger partial charge is 0.160 e. The molecule has 3 aromatic rings. The molecule has 1 saturated carbocycles. The summed E-state index contributed by atoms with van der Waals surface area (Å²) < 4.78 is 14.9. The lowest BCUT2D eigenvalue weighted by atomic mass is 9.55. The molecule has 0 aliphatic heterocycles. The zero-order valence-electron chi connectivity index (χ0n) is 18.3. The minimum Gasteiger partial charge on any atom is -0.393 e. The van der Waals surface area contributed by atoms with E-state index in [-0.39, 0.29) is 23.3 Å². The van der Waals surface area contributed by atoms with Crippen LogP contribution in [-0.4, -0.2) is 26.2 Å². The summed E-state index contributed by atoms with van der Waals surface area (Å²) in [6, 6.07) is 10.8. The number of hydrogen-bond acceptors (Lipinski definition) is 4. The first-order valence-corrected chi connectivity index (χ1v) is 11.2. The van der Waals surface area contributed by atoms with Crippen LogP contribution in [0.25, 0.3) is 22.6 Å². The molecule has 5 heteroatoms. The highest BCUT2D eigenvalue weighted by Gasteiger charge is 2.49. The Bertz CT molecular complexity index is 1150. The van der Waals surface area contributed by atoms with Crippen LogP contribution in [0.15, 0.2) is 42.6 Å². The van der Waals surface area contributed by atoms with Crippen LogP contribution >= 0.6 is 0 Å². The highest BCUT2D eigenvalue weighted by molar-refractivity contribution is 5.69. The van der Waals surface area contributed by atoms with Gasteiger partial charge in [0.25, 0.3) is 0 Å². The van der Waals surface area contributed by atoms with Crippen LogP contribution in [-0.2, 0) is 11.8 Å². The lowest BCUT2D eigenvalue weighted by Gasteiger charge is -2.50. The highest BCUT2D eigenvalue weighted by Crippen LogP contribution is 2.53. The monoisotopic (exact) mass is 417 g/mol. The number of aryl methyl sites for hydroxylation is 1. The number of rotatable bonds is 2. The summed E-state index contributed by atoms with van der Waals surface area (Å²) in [6.45, 7) is 6.38. The van der Waals surface area contributed by atoms with Crippen molar-refractivity contribution in [3.05, 3.63) is 65.4 Å². The van der Waals surface area contributed by atoms with Crippen molar-refractivity contribution in [1.82, 2.24) is 15.0 Å². The fourth-order valence-electron chi connectivity index (χ4n) is 5.80. The second-order valence-electron chi connectivity index (χ2n) is 9.42. The maximum absolute atomic E-state index is 14.9. The third-order valence-corrected chi connectivity index (χ3v) is 7.56. The van der Waals surface area contributed by atoms with E-state index in [1.165, 1.54) is 6.07 Å². The van der Waals surface area contributed by atoms with E-state index in [0.29, 0.717) is 23.0 Å². The Morgan fingerprint density at radius 2 is 1.94 bits per heavy atom. The predicted octanol–water partition coefficient (Wildman–Crippen LogP) is 5.26. The van der Waals surface area contributed by atoms with Gasteiger partial charge in [0.15, 0.2) is 5.82 Å². The third kappa shape index (κ3) is 3.26. The van der Waals surface area contributed by atoms with E-state index < -0.39 is 0 Å². The van der Waals surface area contributed by atoms with Crippen LogP contribution in [0, 0.1) is 24.6 Å². The molecule has 1 fully saturated rings. The van der Waals surface area contributed by atoms with Crippen LogP contribution in [0.4, 0.5) is 4.39 Å². The normalized spacial score (nSPS) is 27.5. The fourth-order valence-corrected chi connectivity index (χ4v) is 5.80. The molecule has 1 N–H and O–H groups in total. The van der Waals surface area contributed by atoms with Crippen LogP contribution in [0.1, 0.15) is 50.1 Å². The molecule has 160 valence electrons. The number of aliphatic hydroxyl groups is 1. The predicted molar refractivity (Wildman–Crippen MR) is 119 cm³/mol. The second-order valence-corrected chi connectivity index (χ2v) is 9.42. The van der Waals surface area contributed by atoms with E-state index in [1.54, 1.807) is 18.3 Å². The van der Waals surface area contributed by atoms with Gasteiger partial charge in [-0.15, -0.1) is 0 Å². The van der Waals surface area contributed by atoms with E-state index in [2.05, 4.69) is 18.8 Å². The molecule has 31 heavy (non-hydrogen) atoms. The van der Waals surface area contributed by atoms with Gasteiger partial charge >= 0.3 is 0 Å². The van der Waals surface area contributed by atoms with Crippen molar-refractivity contribution in [2.75, 3.05) is 0 Å². The molecule has 0 amide bonds. The van der Waals surface area contributed by atoms with Crippen molar-refractivity contribution in [2.24, 2.45) is 11.8 Å². The zero-order chi connectivity index (χ0) is 21.8. The van der Waals surface area contributed by atoms with Crippen molar-refractivity contribution in [3.8, 4) is 22.6 Å². The van der Waals surface area contributed by atoms with Gasteiger partial charge < -0.3 is 5.11 Å². The third-order valence-electron chi connectivity index (χ3n) is 7.56. The number of benzene rings is 1. The Morgan fingerprint density at radius 1 is 1.13 bits per heavy atom. The van der Waals surface area contributed by atoms with Gasteiger partial charge in [-0.1, -0.05) is 26.0 Å². The van der Waals surface area contributed by atoms with Crippen molar-refractivity contribution in [3.63, 3.8) is 0 Å². The summed E-state index contributed by atoms with van der Waals surface area (Å²) in [6.07, 6.45) is 4.89. The molecule has 1 aromatic carbocycles. The molecule has 4 nitrogen and oxygen atoms in total. The highest BCUT2D eigenvalue weighted by atomic mass is 19.1. The van der Waals surface area contributed by atoms with Crippen LogP contribution in [0.2, 0.25) is 0 Å². The van der Waals surface area contributed by atoms with Crippen molar-refractivity contribution >= 4 is 0 Å². The van der Waals surface area contributed by atoms with Crippen LogP contribution < -0.4 is 0 Å². The summed E-state index contributed by atoms with van der Waals surface area (Å²) >= 11 is 0. The molecular formula is C26H28FN3O. The standard InChI is InChI=1S/C26H28FN3O/c1-15-14-17(11-13-28-15)25-29-23(18-6-4-5-7-21(18)27)19-8-9-20-16(2)22(31)10-12-26(20,3)24(19)30-25/h4-7,11,13-14,16,20,22,31H,8-10,12H2,1-3H3/t16-,20-,22?,26-/m1/s1. The lowest BCUT2D eigenvalue weighted by Crippen LogP contribution is -2.49. The molecule has 0 radical (unpaired) electrons. The first-order valence-electron chi connectivity index (χ1n) is 11.2. The molecule has 0 saturated heterocycles. The topological polar surface area (TPSA) is 58.9 Å². The SMILES string of the molecule is Cc1cc(-c2nc(-c3ccccc3F)c3c(n2)[C@]2(C)CCC(O)[C@H](C)[C@H]2CC3)ccn1.